The van der Waals surface area contributed by atoms with Crippen LogP contribution in [-0.4, -0.2) is 66.7 Å². The lowest BCUT2D eigenvalue weighted by atomic mass is 9.73. The number of nitrogens with one attached hydrogen (secondary N) is 1. The molecule has 3 saturated heterocycles. The van der Waals surface area contributed by atoms with Crippen LogP contribution in [0, 0.1) is 0 Å². The summed E-state index contributed by atoms with van der Waals surface area (Å²) < 4.78 is 92.8. The van der Waals surface area contributed by atoms with Gasteiger partial charge in [0.05, 0.1) is 41.5 Å². The molecule has 5 rings (SSSR count). The van der Waals surface area contributed by atoms with E-state index in [9.17, 15) is 35.9 Å². The van der Waals surface area contributed by atoms with Crippen LogP contribution < -0.4 is 5.32 Å². The van der Waals surface area contributed by atoms with Crippen molar-refractivity contribution >= 4 is 12.0 Å². The molecule has 240 valence electrons. The van der Waals surface area contributed by atoms with Gasteiger partial charge in [-0.15, -0.1) is 0 Å². The second-order valence-corrected chi connectivity index (χ2v) is 12.0. The van der Waals surface area contributed by atoms with Gasteiger partial charge in [0.1, 0.15) is 6.61 Å². The molecule has 0 spiro atoms. The highest BCUT2D eigenvalue weighted by atomic mass is 19.4. The van der Waals surface area contributed by atoms with Crippen LogP contribution in [0.15, 0.2) is 48.5 Å². The maximum Gasteiger partial charge on any atom is 0.416 e. The van der Waals surface area contributed by atoms with Gasteiger partial charge in [0, 0.05) is 19.6 Å². The Morgan fingerprint density at radius 2 is 1.57 bits per heavy atom. The summed E-state index contributed by atoms with van der Waals surface area (Å²) in [7, 11) is 0. The molecule has 13 heteroatoms. The smallest absolute Gasteiger partial charge is 0.416 e. The van der Waals surface area contributed by atoms with Crippen LogP contribution in [0.4, 0.5) is 31.1 Å². The van der Waals surface area contributed by atoms with Crippen molar-refractivity contribution in [2.24, 2.45) is 0 Å². The Kier molecular flexibility index (Phi) is 8.92. The average Bonchev–Trinajstić information content (AvgIpc) is 2.99. The van der Waals surface area contributed by atoms with Crippen molar-refractivity contribution in [3.63, 3.8) is 0 Å². The number of ether oxygens (including phenoxy) is 2. The van der Waals surface area contributed by atoms with E-state index in [1.54, 1.807) is 4.90 Å². The number of likely N-dealkylation sites (tertiary alicyclic amines) is 1. The summed E-state index contributed by atoms with van der Waals surface area (Å²) >= 11 is 0. The van der Waals surface area contributed by atoms with E-state index in [4.69, 9.17) is 9.47 Å². The number of alkyl halides is 6. The Bertz CT molecular complexity index is 1320. The van der Waals surface area contributed by atoms with Gasteiger partial charge in [-0.2, -0.15) is 26.3 Å². The molecule has 2 aromatic carbocycles. The second kappa shape index (κ2) is 12.2. The molecule has 1 N–H and O–H groups in total. The fourth-order valence-corrected chi connectivity index (χ4v) is 6.43. The van der Waals surface area contributed by atoms with Crippen LogP contribution in [0.25, 0.3) is 0 Å². The van der Waals surface area contributed by atoms with Gasteiger partial charge in [-0.3, -0.25) is 9.69 Å². The summed E-state index contributed by atoms with van der Waals surface area (Å²) in [4.78, 5) is 29.3. The van der Waals surface area contributed by atoms with E-state index in [2.05, 4.69) is 5.32 Å². The van der Waals surface area contributed by atoms with E-state index in [0.717, 1.165) is 24.8 Å². The quantitative estimate of drug-likeness (QED) is 0.366. The van der Waals surface area contributed by atoms with Crippen LogP contribution >= 0.6 is 0 Å². The van der Waals surface area contributed by atoms with Gasteiger partial charge < -0.3 is 19.7 Å². The number of carbonyl (C=O) groups excluding carboxylic acids is 2. The predicted octanol–water partition coefficient (Wildman–Crippen LogP) is 6.28. The molecule has 3 heterocycles. The standard InChI is InChI=1S/C31H35F6N3O4/c1-21(22-14-24(30(32,33)34)16-25(15-22)31(35,36)37)43-20-29(23-8-4-2-5-9-23)11-10-28(18-40(29)17-26(41)38-28)19-44-27(42)39-12-6-3-7-13-39/h2,4-5,8-9,14-16,21H,3,6-7,10-13,17-20H2,1H3,(H,38,41)/t21-,28-,29-/m1/s1. The minimum Gasteiger partial charge on any atom is -0.447 e. The minimum absolute atomic E-state index is 0.0176. The first-order valence-electron chi connectivity index (χ1n) is 14.7. The van der Waals surface area contributed by atoms with E-state index in [1.807, 2.05) is 35.2 Å². The van der Waals surface area contributed by atoms with Crippen molar-refractivity contribution < 1.29 is 45.4 Å². The molecule has 44 heavy (non-hydrogen) atoms. The third kappa shape index (κ3) is 6.83. The Balaban J connectivity index is 1.39. The van der Waals surface area contributed by atoms with Crippen molar-refractivity contribution in [2.75, 3.05) is 39.4 Å². The topological polar surface area (TPSA) is 71.1 Å². The lowest BCUT2D eigenvalue weighted by Gasteiger charge is -2.56. The van der Waals surface area contributed by atoms with Crippen LogP contribution in [0.1, 0.15) is 67.4 Å². The summed E-state index contributed by atoms with van der Waals surface area (Å²) in [6.45, 7) is 2.80. The molecule has 3 fully saturated rings. The molecule has 0 aliphatic carbocycles. The zero-order valence-electron chi connectivity index (χ0n) is 24.3. The first-order valence-corrected chi connectivity index (χ1v) is 14.7. The third-order valence-corrected chi connectivity index (χ3v) is 8.90. The van der Waals surface area contributed by atoms with E-state index < -0.39 is 46.8 Å². The fraction of sp³-hybridized carbons (Fsp3) is 0.548. The number of piperazine rings is 1. The number of nitrogens with zero attached hydrogens (tertiary/aromatic N) is 2. The van der Waals surface area contributed by atoms with Crippen LogP contribution in [0.2, 0.25) is 0 Å². The van der Waals surface area contributed by atoms with E-state index in [1.165, 1.54) is 6.92 Å². The second-order valence-electron chi connectivity index (χ2n) is 12.0. The monoisotopic (exact) mass is 627 g/mol. The first-order chi connectivity index (χ1) is 20.7. The summed E-state index contributed by atoms with van der Waals surface area (Å²) in [5.41, 5.74) is -4.06. The number of piperidine rings is 2. The van der Waals surface area contributed by atoms with Crippen LogP contribution in [-0.2, 0) is 32.2 Å². The third-order valence-electron chi connectivity index (χ3n) is 8.90. The van der Waals surface area contributed by atoms with E-state index in [-0.39, 0.29) is 37.3 Å². The Morgan fingerprint density at radius 1 is 0.932 bits per heavy atom. The highest BCUT2D eigenvalue weighted by molar-refractivity contribution is 5.80. The number of benzene rings is 2. The van der Waals surface area contributed by atoms with Gasteiger partial charge in [-0.1, -0.05) is 30.3 Å². The van der Waals surface area contributed by atoms with Crippen LogP contribution in [0.3, 0.4) is 0 Å². The van der Waals surface area contributed by atoms with Crippen molar-refractivity contribution in [1.29, 1.82) is 0 Å². The van der Waals surface area contributed by atoms with E-state index >= 15 is 0 Å². The number of hydrogen-bond donors (Lipinski definition) is 1. The zero-order chi connectivity index (χ0) is 31.8. The lowest BCUT2D eigenvalue weighted by Crippen LogP contribution is -2.73. The van der Waals surface area contributed by atoms with Gasteiger partial charge in [0.25, 0.3) is 0 Å². The molecule has 2 aromatic rings. The highest BCUT2D eigenvalue weighted by Gasteiger charge is 2.53. The summed E-state index contributed by atoms with van der Waals surface area (Å²) in [6.07, 6.45) is -7.84. The number of amides is 2. The summed E-state index contributed by atoms with van der Waals surface area (Å²) in [6, 6.07) is 10.6. The highest BCUT2D eigenvalue weighted by Crippen LogP contribution is 2.44. The number of carbonyl (C=O) groups is 2. The number of fused-ring (bicyclic) bond motifs is 2. The van der Waals surface area contributed by atoms with Gasteiger partial charge >= 0.3 is 18.4 Å². The van der Waals surface area contributed by atoms with Gasteiger partial charge in [-0.25, -0.2) is 4.79 Å². The molecule has 0 aromatic heterocycles. The largest absolute Gasteiger partial charge is 0.447 e. The maximum atomic E-state index is 13.5. The SMILES string of the molecule is C[C@@H](OC[C@@]1(c2ccccc2)CC[C@]2(COC(=O)N3CCCCC3)CN1CC(=O)N2)c1cc(C(F)(F)F)cc(C(F)(F)F)c1. The Hall–Kier alpha value is -3.32. The van der Waals surface area contributed by atoms with E-state index in [0.29, 0.717) is 44.6 Å². The Labute approximate surface area is 251 Å². The molecular formula is C31H35F6N3O4. The molecule has 2 amide bonds. The molecule has 3 aliphatic heterocycles. The normalized spacial score (nSPS) is 26.6. The molecule has 0 radical (unpaired) electrons. The van der Waals surface area contributed by atoms with Gasteiger partial charge in [0.15, 0.2) is 0 Å². The lowest BCUT2D eigenvalue weighted by molar-refractivity contribution is -0.147. The number of hydrogen-bond acceptors (Lipinski definition) is 5. The molecule has 4 atom stereocenters. The molecular weight excluding hydrogens is 592 g/mol. The zero-order valence-corrected chi connectivity index (χ0v) is 24.3. The predicted molar refractivity (Wildman–Crippen MR) is 147 cm³/mol. The maximum absolute atomic E-state index is 13.5. The summed E-state index contributed by atoms with van der Waals surface area (Å²) in [5.74, 6) is -0.286. The first kappa shape index (κ1) is 32.1. The number of halogens is 6. The van der Waals surface area contributed by atoms with Gasteiger partial charge in [0.2, 0.25) is 5.91 Å². The molecule has 1 unspecified atom stereocenters. The van der Waals surface area contributed by atoms with Crippen molar-refractivity contribution in [3.05, 3.63) is 70.8 Å². The fourth-order valence-electron chi connectivity index (χ4n) is 6.43. The molecule has 0 saturated carbocycles. The van der Waals surface area contributed by atoms with Gasteiger partial charge in [-0.05, 0) is 68.4 Å². The Morgan fingerprint density at radius 3 is 2.18 bits per heavy atom. The number of rotatable bonds is 7. The van der Waals surface area contributed by atoms with Crippen molar-refractivity contribution in [1.82, 2.24) is 15.1 Å². The average molecular weight is 628 g/mol. The van der Waals surface area contributed by atoms with Crippen molar-refractivity contribution in [3.8, 4) is 0 Å². The molecule has 2 bridgehead atoms. The van der Waals surface area contributed by atoms with Crippen molar-refractivity contribution in [2.45, 2.75) is 68.6 Å². The summed E-state index contributed by atoms with van der Waals surface area (Å²) in [5, 5.41) is 3.01. The molecule has 3 aliphatic rings. The molecule has 7 nitrogen and oxygen atoms in total. The van der Waals surface area contributed by atoms with Crippen LogP contribution in [0.5, 0.6) is 0 Å². The minimum atomic E-state index is -4.98.